The molecule has 0 rings (SSSR count). The Bertz CT molecular complexity index is 171. The first-order valence-electron chi connectivity index (χ1n) is 5.59. The van der Waals surface area contributed by atoms with E-state index in [0.717, 1.165) is 13.0 Å². The lowest BCUT2D eigenvalue weighted by Gasteiger charge is -2.23. The highest BCUT2D eigenvalue weighted by Gasteiger charge is 2.14. The van der Waals surface area contributed by atoms with Crippen LogP contribution in [-0.2, 0) is 4.79 Å². The highest BCUT2D eigenvalue weighted by atomic mass is 16.1. The molecule has 0 saturated carbocycles. The maximum Gasteiger partial charge on any atom is 0.221 e. The van der Waals surface area contributed by atoms with Gasteiger partial charge < -0.3 is 16.0 Å². The van der Waals surface area contributed by atoms with E-state index in [0.29, 0.717) is 18.9 Å². The Balaban J connectivity index is 4.05. The second-order valence-electron chi connectivity index (χ2n) is 4.69. The third-order valence-electron chi connectivity index (χ3n) is 2.08. The summed E-state index contributed by atoms with van der Waals surface area (Å²) in [6.45, 7) is 5.63. The molecule has 0 radical (unpaired) electrons. The third kappa shape index (κ3) is 8.39. The van der Waals surface area contributed by atoms with Crippen molar-refractivity contribution in [3.05, 3.63) is 0 Å². The molecule has 0 bridgehead atoms. The zero-order valence-corrected chi connectivity index (χ0v) is 10.4. The number of likely N-dealkylation sites (N-methyl/N-ethyl adjacent to an activating group) is 1. The molecular formula is C11H25N3O. The monoisotopic (exact) mass is 215 g/mol. The number of hydrogen-bond donors (Lipinski definition) is 2. The summed E-state index contributed by atoms with van der Waals surface area (Å²) >= 11 is 0. The Morgan fingerprint density at radius 2 is 2.00 bits per heavy atom. The highest BCUT2D eigenvalue weighted by Crippen LogP contribution is 2.05. The van der Waals surface area contributed by atoms with E-state index >= 15 is 0 Å². The van der Waals surface area contributed by atoms with Crippen LogP contribution in [0.2, 0.25) is 0 Å². The van der Waals surface area contributed by atoms with Crippen LogP contribution in [0.15, 0.2) is 0 Å². The van der Waals surface area contributed by atoms with E-state index in [2.05, 4.69) is 24.1 Å². The fourth-order valence-electron chi connectivity index (χ4n) is 1.62. The maximum absolute atomic E-state index is 11.4. The van der Waals surface area contributed by atoms with Crippen LogP contribution in [0.5, 0.6) is 0 Å². The summed E-state index contributed by atoms with van der Waals surface area (Å²) < 4.78 is 0. The van der Waals surface area contributed by atoms with Gasteiger partial charge in [-0.25, -0.2) is 0 Å². The standard InChI is InChI=1S/C11H25N3O/c1-9(2)7-10(8-14(3)4)13-11(15)5-6-12/h9-10H,5-8,12H2,1-4H3,(H,13,15). The minimum Gasteiger partial charge on any atom is -0.352 e. The molecular weight excluding hydrogens is 190 g/mol. The first-order chi connectivity index (χ1) is 6.95. The number of nitrogens with one attached hydrogen (secondary N) is 1. The summed E-state index contributed by atoms with van der Waals surface area (Å²) in [5.41, 5.74) is 5.34. The first-order valence-corrected chi connectivity index (χ1v) is 5.59. The molecule has 0 aromatic carbocycles. The molecule has 0 aromatic rings. The summed E-state index contributed by atoms with van der Waals surface area (Å²) in [6.07, 6.45) is 1.43. The number of hydrogen-bond acceptors (Lipinski definition) is 3. The lowest BCUT2D eigenvalue weighted by molar-refractivity contribution is -0.121. The third-order valence-corrected chi connectivity index (χ3v) is 2.08. The molecule has 0 aliphatic heterocycles. The van der Waals surface area contributed by atoms with Crippen molar-refractivity contribution in [2.75, 3.05) is 27.2 Å². The van der Waals surface area contributed by atoms with Crippen LogP contribution in [0.1, 0.15) is 26.7 Å². The summed E-state index contributed by atoms with van der Waals surface area (Å²) in [7, 11) is 4.03. The molecule has 1 unspecified atom stereocenters. The Labute approximate surface area is 93.2 Å². The van der Waals surface area contributed by atoms with E-state index in [1.54, 1.807) is 0 Å². The largest absolute Gasteiger partial charge is 0.352 e. The second kappa shape index (κ2) is 7.65. The molecule has 15 heavy (non-hydrogen) atoms. The van der Waals surface area contributed by atoms with Gasteiger partial charge in [-0.05, 0) is 26.4 Å². The van der Waals surface area contributed by atoms with Crippen molar-refractivity contribution < 1.29 is 4.79 Å². The normalized spacial score (nSPS) is 13.3. The van der Waals surface area contributed by atoms with Crippen molar-refractivity contribution >= 4 is 5.91 Å². The van der Waals surface area contributed by atoms with E-state index in [1.807, 2.05) is 14.1 Å². The zero-order chi connectivity index (χ0) is 11.8. The van der Waals surface area contributed by atoms with Gasteiger partial charge in [-0.15, -0.1) is 0 Å². The highest BCUT2D eigenvalue weighted by molar-refractivity contribution is 5.76. The molecule has 0 heterocycles. The van der Waals surface area contributed by atoms with Gasteiger partial charge in [0, 0.05) is 25.6 Å². The van der Waals surface area contributed by atoms with E-state index < -0.39 is 0 Å². The van der Waals surface area contributed by atoms with E-state index in [9.17, 15) is 4.79 Å². The molecule has 1 atom stereocenters. The Hall–Kier alpha value is -0.610. The van der Waals surface area contributed by atoms with Gasteiger partial charge in [0.25, 0.3) is 0 Å². The molecule has 0 fully saturated rings. The van der Waals surface area contributed by atoms with Crippen molar-refractivity contribution in [2.24, 2.45) is 11.7 Å². The van der Waals surface area contributed by atoms with Crippen LogP contribution in [-0.4, -0.2) is 44.0 Å². The van der Waals surface area contributed by atoms with Gasteiger partial charge in [0.1, 0.15) is 0 Å². The average molecular weight is 215 g/mol. The quantitative estimate of drug-likeness (QED) is 0.647. The molecule has 0 saturated heterocycles. The Morgan fingerprint density at radius 3 is 2.40 bits per heavy atom. The Morgan fingerprint density at radius 1 is 1.40 bits per heavy atom. The van der Waals surface area contributed by atoms with Crippen molar-refractivity contribution in [1.29, 1.82) is 0 Å². The van der Waals surface area contributed by atoms with Crippen molar-refractivity contribution in [3.8, 4) is 0 Å². The number of rotatable bonds is 7. The van der Waals surface area contributed by atoms with Crippen molar-refractivity contribution in [1.82, 2.24) is 10.2 Å². The minimum absolute atomic E-state index is 0.0602. The van der Waals surface area contributed by atoms with Gasteiger partial charge in [0.05, 0.1) is 0 Å². The number of nitrogens with two attached hydrogens (primary N) is 1. The molecule has 0 aliphatic rings. The van der Waals surface area contributed by atoms with Gasteiger partial charge in [-0.2, -0.15) is 0 Å². The predicted molar refractivity (Wildman–Crippen MR) is 63.6 cm³/mol. The van der Waals surface area contributed by atoms with E-state index in [-0.39, 0.29) is 11.9 Å². The van der Waals surface area contributed by atoms with Crippen LogP contribution < -0.4 is 11.1 Å². The van der Waals surface area contributed by atoms with Crippen LogP contribution in [0.3, 0.4) is 0 Å². The molecule has 0 spiro atoms. The molecule has 4 nitrogen and oxygen atoms in total. The van der Waals surface area contributed by atoms with Crippen LogP contribution in [0.25, 0.3) is 0 Å². The molecule has 1 amide bonds. The Kier molecular flexibility index (Phi) is 7.34. The summed E-state index contributed by atoms with van der Waals surface area (Å²) in [6, 6.07) is 0.235. The van der Waals surface area contributed by atoms with Gasteiger partial charge in [-0.1, -0.05) is 13.8 Å². The van der Waals surface area contributed by atoms with Crippen LogP contribution >= 0.6 is 0 Å². The van der Waals surface area contributed by atoms with Crippen molar-refractivity contribution in [3.63, 3.8) is 0 Å². The topological polar surface area (TPSA) is 58.4 Å². The zero-order valence-electron chi connectivity index (χ0n) is 10.4. The fraction of sp³-hybridized carbons (Fsp3) is 0.909. The molecule has 90 valence electrons. The number of carbonyl (C=O) groups is 1. The number of nitrogens with zero attached hydrogens (tertiary/aromatic N) is 1. The maximum atomic E-state index is 11.4. The van der Waals surface area contributed by atoms with Gasteiger partial charge in [0.15, 0.2) is 0 Å². The van der Waals surface area contributed by atoms with Gasteiger partial charge >= 0.3 is 0 Å². The molecule has 3 N–H and O–H groups in total. The summed E-state index contributed by atoms with van der Waals surface area (Å²) in [5.74, 6) is 0.651. The summed E-state index contributed by atoms with van der Waals surface area (Å²) in [5, 5.41) is 3.02. The van der Waals surface area contributed by atoms with E-state index in [4.69, 9.17) is 5.73 Å². The smallest absolute Gasteiger partial charge is 0.221 e. The SMILES string of the molecule is CC(C)CC(CN(C)C)NC(=O)CCN. The van der Waals surface area contributed by atoms with Crippen LogP contribution in [0, 0.1) is 5.92 Å². The molecule has 4 heteroatoms. The molecule has 0 aliphatic carbocycles. The summed E-state index contributed by atoms with van der Waals surface area (Å²) in [4.78, 5) is 13.5. The minimum atomic E-state index is 0.0602. The lowest BCUT2D eigenvalue weighted by Crippen LogP contribution is -2.43. The van der Waals surface area contributed by atoms with Gasteiger partial charge in [-0.3, -0.25) is 4.79 Å². The van der Waals surface area contributed by atoms with Gasteiger partial charge in [0.2, 0.25) is 5.91 Å². The van der Waals surface area contributed by atoms with E-state index in [1.165, 1.54) is 0 Å². The lowest BCUT2D eigenvalue weighted by atomic mass is 10.0. The van der Waals surface area contributed by atoms with Crippen LogP contribution in [0.4, 0.5) is 0 Å². The van der Waals surface area contributed by atoms with Crippen molar-refractivity contribution in [2.45, 2.75) is 32.7 Å². The fourth-order valence-corrected chi connectivity index (χ4v) is 1.62. The first kappa shape index (κ1) is 14.4. The average Bonchev–Trinajstić information content (AvgIpc) is 2.00. The molecule has 0 aromatic heterocycles. The number of amides is 1. The predicted octanol–water partition coefficient (Wildman–Crippen LogP) is 0.428. The second-order valence-corrected chi connectivity index (χ2v) is 4.69. The number of carbonyl (C=O) groups excluding carboxylic acids is 1.